The van der Waals surface area contributed by atoms with Gasteiger partial charge < -0.3 is 10.2 Å². The molecule has 0 aromatic heterocycles. The third-order valence-electron chi connectivity index (χ3n) is 3.83. The maximum atomic E-state index is 10.7. The summed E-state index contributed by atoms with van der Waals surface area (Å²) >= 11 is 0. The molecule has 0 atom stereocenters. The minimum absolute atomic E-state index is 0.125. The average Bonchev–Trinajstić information content (AvgIpc) is 2.47. The normalized spacial score (nSPS) is 14.3. The molecular formula is C20H32O3. The Kier molecular flexibility index (Phi) is 12.0. The number of carboxylic acid groups (broad SMARTS) is 1. The lowest BCUT2D eigenvalue weighted by atomic mass is 10.0. The first-order valence-corrected chi connectivity index (χ1v) is 8.34. The van der Waals surface area contributed by atoms with E-state index in [0.29, 0.717) is 5.57 Å². The standard InChI is InChI=1S/C20H32O3/c1-16(10-6-11-18(3)14-15-21)8-5-9-17(2)12-7-13-19(4)20(22)23/h9-10,13-14,21H,5-8,11-12,15H2,1-4H3,(H,22,23)/b16-10+,17-9+,18-14+,19-13+. The molecule has 0 bridgehead atoms. The van der Waals surface area contributed by atoms with Crippen LogP contribution in [0, 0.1) is 0 Å². The number of aliphatic carboxylic acids is 1. The molecule has 0 aromatic carbocycles. The summed E-state index contributed by atoms with van der Waals surface area (Å²) in [6, 6.07) is 0. The summed E-state index contributed by atoms with van der Waals surface area (Å²) in [5, 5.41) is 17.6. The fourth-order valence-corrected chi connectivity index (χ4v) is 2.16. The molecule has 0 aliphatic carbocycles. The van der Waals surface area contributed by atoms with Gasteiger partial charge in [-0.15, -0.1) is 0 Å². The van der Waals surface area contributed by atoms with E-state index in [1.165, 1.54) is 16.7 Å². The average molecular weight is 320 g/mol. The minimum atomic E-state index is -0.837. The molecule has 0 saturated heterocycles. The van der Waals surface area contributed by atoms with Gasteiger partial charge in [0.15, 0.2) is 0 Å². The Morgan fingerprint density at radius 3 is 1.52 bits per heavy atom. The number of aliphatic hydroxyl groups excluding tert-OH is 1. The lowest BCUT2D eigenvalue weighted by molar-refractivity contribution is -0.132. The van der Waals surface area contributed by atoms with Crippen LogP contribution in [0.5, 0.6) is 0 Å². The molecule has 0 aliphatic heterocycles. The van der Waals surface area contributed by atoms with Gasteiger partial charge in [-0.2, -0.15) is 0 Å². The second kappa shape index (κ2) is 12.9. The maximum absolute atomic E-state index is 10.7. The number of allylic oxidation sites excluding steroid dienone is 6. The van der Waals surface area contributed by atoms with Crippen molar-refractivity contribution in [2.24, 2.45) is 0 Å². The van der Waals surface area contributed by atoms with E-state index in [0.717, 1.165) is 38.5 Å². The van der Waals surface area contributed by atoms with Crippen LogP contribution in [0.4, 0.5) is 0 Å². The molecule has 0 fully saturated rings. The first-order chi connectivity index (χ1) is 10.9. The van der Waals surface area contributed by atoms with Crippen molar-refractivity contribution < 1.29 is 15.0 Å². The Labute approximate surface area is 141 Å². The fourth-order valence-electron chi connectivity index (χ4n) is 2.16. The number of rotatable bonds is 11. The van der Waals surface area contributed by atoms with Gasteiger partial charge in [0.2, 0.25) is 0 Å². The van der Waals surface area contributed by atoms with Crippen molar-refractivity contribution in [2.45, 2.75) is 66.2 Å². The van der Waals surface area contributed by atoms with Gasteiger partial charge in [0, 0.05) is 5.57 Å². The highest BCUT2D eigenvalue weighted by molar-refractivity contribution is 5.85. The predicted octanol–water partition coefficient (Wildman–Crippen LogP) is 5.19. The van der Waals surface area contributed by atoms with E-state index in [-0.39, 0.29) is 6.61 Å². The van der Waals surface area contributed by atoms with Crippen molar-refractivity contribution in [2.75, 3.05) is 6.61 Å². The van der Waals surface area contributed by atoms with Crippen molar-refractivity contribution in [3.8, 4) is 0 Å². The van der Waals surface area contributed by atoms with E-state index in [1.54, 1.807) is 13.0 Å². The molecule has 23 heavy (non-hydrogen) atoms. The Morgan fingerprint density at radius 1 is 0.739 bits per heavy atom. The van der Waals surface area contributed by atoms with Gasteiger partial charge in [0.1, 0.15) is 0 Å². The van der Waals surface area contributed by atoms with Crippen molar-refractivity contribution in [3.63, 3.8) is 0 Å². The van der Waals surface area contributed by atoms with Crippen molar-refractivity contribution in [1.82, 2.24) is 0 Å². The van der Waals surface area contributed by atoms with E-state index in [9.17, 15) is 4.79 Å². The molecule has 0 radical (unpaired) electrons. The summed E-state index contributed by atoms with van der Waals surface area (Å²) in [4.78, 5) is 10.7. The van der Waals surface area contributed by atoms with Crippen molar-refractivity contribution >= 4 is 5.97 Å². The van der Waals surface area contributed by atoms with Crippen LogP contribution < -0.4 is 0 Å². The van der Waals surface area contributed by atoms with Crippen LogP contribution >= 0.6 is 0 Å². The van der Waals surface area contributed by atoms with Crippen molar-refractivity contribution in [1.29, 1.82) is 0 Å². The number of carbonyl (C=O) groups is 1. The number of carboxylic acids is 1. The predicted molar refractivity (Wildman–Crippen MR) is 97.5 cm³/mol. The summed E-state index contributed by atoms with van der Waals surface area (Å²) in [5.74, 6) is -0.837. The highest BCUT2D eigenvalue weighted by Gasteiger charge is 1.98. The van der Waals surface area contributed by atoms with Gasteiger partial charge in [-0.25, -0.2) is 4.79 Å². The lowest BCUT2D eigenvalue weighted by Crippen LogP contribution is -1.95. The zero-order valence-corrected chi connectivity index (χ0v) is 15.1. The largest absolute Gasteiger partial charge is 0.478 e. The maximum Gasteiger partial charge on any atom is 0.330 e. The van der Waals surface area contributed by atoms with Gasteiger partial charge in [-0.3, -0.25) is 0 Å². The van der Waals surface area contributed by atoms with E-state index in [2.05, 4.69) is 26.0 Å². The fraction of sp³-hybridized carbons (Fsp3) is 0.550. The Balaban J connectivity index is 4.04. The van der Waals surface area contributed by atoms with Crippen molar-refractivity contribution in [3.05, 3.63) is 46.6 Å². The topological polar surface area (TPSA) is 57.5 Å². The molecular weight excluding hydrogens is 288 g/mol. The molecule has 0 saturated carbocycles. The van der Waals surface area contributed by atoms with Gasteiger partial charge in [0.25, 0.3) is 0 Å². The van der Waals surface area contributed by atoms with Gasteiger partial charge in [0.05, 0.1) is 6.61 Å². The van der Waals surface area contributed by atoms with Gasteiger partial charge in [-0.05, 0) is 66.2 Å². The van der Waals surface area contributed by atoms with Crippen LogP contribution in [-0.2, 0) is 4.79 Å². The van der Waals surface area contributed by atoms with E-state index >= 15 is 0 Å². The third kappa shape index (κ3) is 12.6. The second-order valence-corrected chi connectivity index (χ2v) is 6.14. The highest BCUT2D eigenvalue weighted by Crippen LogP contribution is 2.13. The zero-order valence-electron chi connectivity index (χ0n) is 15.1. The summed E-state index contributed by atoms with van der Waals surface area (Å²) in [5.41, 5.74) is 4.36. The summed E-state index contributed by atoms with van der Waals surface area (Å²) in [6.07, 6.45) is 14.0. The molecule has 0 aromatic rings. The van der Waals surface area contributed by atoms with Crippen LogP contribution in [0.2, 0.25) is 0 Å². The van der Waals surface area contributed by atoms with Gasteiger partial charge in [-0.1, -0.05) is 41.0 Å². The second-order valence-electron chi connectivity index (χ2n) is 6.14. The van der Waals surface area contributed by atoms with Crippen LogP contribution in [0.3, 0.4) is 0 Å². The highest BCUT2D eigenvalue weighted by atomic mass is 16.4. The Morgan fingerprint density at radius 2 is 1.13 bits per heavy atom. The van der Waals surface area contributed by atoms with Crippen LogP contribution in [0.25, 0.3) is 0 Å². The van der Waals surface area contributed by atoms with Crippen LogP contribution in [-0.4, -0.2) is 22.8 Å². The molecule has 0 aliphatic rings. The minimum Gasteiger partial charge on any atom is -0.478 e. The third-order valence-corrected chi connectivity index (χ3v) is 3.83. The smallest absolute Gasteiger partial charge is 0.330 e. The Hall–Kier alpha value is -1.61. The summed E-state index contributed by atoms with van der Waals surface area (Å²) < 4.78 is 0. The number of hydrogen-bond donors (Lipinski definition) is 2. The first-order valence-electron chi connectivity index (χ1n) is 8.34. The SMILES string of the molecule is C/C(=C\CO)CC/C=C(\C)CC/C=C(\C)CC/C=C(\C)C(=O)O. The zero-order chi connectivity index (χ0) is 17.7. The summed E-state index contributed by atoms with van der Waals surface area (Å²) in [7, 11) is 0. The van der Waals surface area contributed by atoms with E-state index in [1.807, 2.05) is 13.0 Å². The molecule has 0 rings (SSSR count). The number of hydrogen-bond acceptors (Lipinski definition) is 2. The Bertz CT molecular complexity index is 479. The molecule has 0 heterocycles. The lowest BCUT2D eigenvalue weighted by Gasteiger charge is -2.02. The molecule has 3 heteroatoms. The quantitative estimate of drug-likeness (QED) is 0.407. The van der Waals surface area contributed by atoms with E-state index < -0.39 is 5.97 Å². The molecule has 0 unspecified atom stereocenters. The molecule has 2 N–H and O–H groups in total. The van der Waals surface area contributed by atoms with Crippen LogP contribution in [0.15, 0.2) is 46.6 Å². The molecule has 3 nitrogen and oxygen atoms in total. The molecule has 130 valence electrons. The van der Waals surface area contributed by atoms with Gasteiger partial charge >= 0.3 is 5.97 Å². The molecule has 0 amide bonds. The molecule has 0 spiro atoms. The monoisotopic (exact) mass is 320 g/mol. The summed E-state index contributed by atoms with van der Waals surface area (Å²) in [6.45, 7) is 8.07. The first kappa shape index (κ1) is 21.4. The van der Waals surface area contributed by atoms with Crippen LogP contribution in [0.1, 0.15) is 66.2 Å². The van der Waals surface area contributed by atoms with E-state index in [4.69, 9.17) is 10.2 Å². The number of aliphatic hydroxyl groups is 1.